The Kier molecular flexibility index (Phi) is 10.6. The molecule has 1 aliphatic carbocycles. The van der Waals surface area contributed by atoms with Crippen LogP contribution >= 0.6 is 0 Å². The van der Waals surface area contributed by atoms with Crippen molar-refractivity contribution in [2.45, 2.75) is 110 Å². The first-order valence-electron chi connectivity index (χ1n) is 13.7. The largest absolute Gasteiger partial charge is 0.508 e. The van der Waals surface area contributed by atoms with Gasteiger partial charge in [-0.2, -0.15) is 0 Å². The van der Waals surface area contributed by atoms with Crippen molar-refractivity contribution < 1.29 is 38.9 Å². The van der Waals surface area contributed by atoms with Crippen molar-refractivity contribution in [2.75, 3.05) is 6.61 Å². The van der Waals surface area contributed by atoms with Crippen LogP contribution in [-0.2, 0) is 40.5 Å². The summed E-state index contributed by atoms with van der Waals surface area (Å²) in [6, 6.07) is 3.95. The second kappa shape index (κ2) is 12.8. The standard InChI is InChI=1S/C30H45NO8/c1-8-38-26(36)23(15-19-11-12-21(32)17-22(19)28(2,3)4)31-27(37)30(13-9-10-14-30)18-20(16-24(33)34)25(35)39-29(5,6)7/h11-12,17,20,23,32H,8-10,13-16,18H2,1-7H3,(H,31,37)(H,33,34)/t20?,23-/m0/s1. The van der Waals surface area contributed by atoms with Crippen molar-refractivity contribution in [1.29, 1.82) is 0 Å². The molecular formula is C30H45NO8. The lowest BCUT2D eigenvalue weighted by atomic mass is 9.75. The van der Waals surface area contributed by atoms with Gasteiger partial charge in [-0.3, -0.25) is 14.4 Å². The van der Waals surface area contributed by atoms with E-state index in [0.29, 0.717) is 12.8 Å². The zero-order valence-electron chi connectivity index (χ0n) is 24.4. The molecule has 0 spiro atoms. The summed E-state index contributed by atoms with van der Waals surface area (Å²) in [6.07, 6.45) is 2.16. The molecule has 2 atom stereocenters. The predicted molar refractivity (Wildman–Crippen MR) is 146 cm³/mol. The highest BCUT2D eigenvalue weighted by Crippen LogP contribution is 2.45. The zero-order chi connectivity index (χ0) is 29.6. The molecule has 0 aliphatic heterocycles. The quantitative estimate of drug-likeness (QED) is 0.340. The summed E-state index contributed by atoms with van der Waals surface area (Å²) >= 11 is 0. The van der Waals surface area contributed by atoms with Crippen molar-refractivity contribution in [1.82, 2.24) is 5.32 Å². The fourth-order valence-electron chi connectivity index (χ4n) is 5.29. The minimum atomic E-state index is -1.15. The number of aromatic hydroxyl groups is 1. The summed E-state index contributed by atoms with van der Waals surface area (Å²) in [4.78, 5) is 51.5. The van der Waals surface area contributed by atoms with Crippen molar-refractivity contribution in [3.63, 3.8) is 0 Å². The maximum atomic E-state index is 13.9. The molecule has 3 N–H and O–H groups in total. The molecule has 39 heavy (non-hydrogen) atoms. The fraction of sp³-hybridized carbons (Fsp3) is 0.667. The molecule has 0 radical (unpaired) electrons. The smallest absolute Gasteiger partial charge is 0.328 e. The molecule has 1 saturated carbocycles. The van der Waals surface area contributed by atoms with Gasteiger partial charge in [0, 0.05) is 6.42 Å². The van der Waals surface area contributed by atoms with E-state index in [1.165, 1.54) is 0 Å². The average Bonchev–Trinajstić information content (AvgIpc) is 3.27. The van der Waals surface area contributed by atoms with E-state index in [1.807, 2.05) is 20.8 Å². The zero-order valence-corrected chi connectivity index (χ0v) is 24.4. The Morgan fingerprint density at radius 1 is 1.03 bits per heavy atom. The Labute approximate surface area is 231 Å². The van der Waals surface area contributed by atoms with E-state index in [0.717, 1.165) is 24.0 Å². The second-order valence-electron chi connectivity index (χ2n) is 12.6. The van der Waals surface area contributed by atoms with Gasteiger partial charge in [-0.15, -0.1) is 0 Å². The molecule has 2 rings (SSSR count). The fourth-order valence-corrected chi connectivity index (χ4v) is 5.29. The molecule has 218 valence electrons. The van der Waals surface area contributed by atoms with Crippen LogP contribution in [0.3, 0.4) is 0 Å². The number of hydrogen-bond donors (Lipinski definition) is 3. The first-order valence-corrected chi connectivity index (χ1v) is 13.7. The molecule has 1 aromatic rings. The lowest BCUT2D eigenvalue weighted by molar-refractivity contribution is -0.165. The summed E-state index contributed by atoms with van der Waals surface area (Å²) in [5, 5.41) is 22.5. The van der Waals surface area contributed by atoms with Gasteiger partial charge in [0.1, 0.15) is 17.4 Å². The number of carbonyl (C=O) groups is 4. The maximum Gasteiger partial charge on any atom is 0.328 e. The second-order valence-corrected chi connectivity index (χ2v) is 12.6. The highest BCUT2D eigenvalue weighted by molar-refractivity contribution is 5.89. The number of carbonyl (C=O) groups excluding carboxylic acids is 3. The summed E-state index contributed by atoms with van der Waals surface area (Å²) in [5.41, 5.74) is -0.516. The molecule has 1 amide bonds. The van der Waals surface area contributed by atoms with Crippen molar-refractivity contribution in [3.8, 4) is 5.75 Å². The molecule has 9 heteroatoms. The van der Waals surface area contributed by atoms with E-state index in [9.17, 15) is 29.4 Å². The minimum Gasteiger partial charge on any atom is -0.508 e. The van der Waals surface area contributed by atoms with Crippen LogP contribution in [0, 0.1) is 11.3 Å². The number of carboxylic acid groups (broad SMARTS) is 1. The van der Waals surface area contributed by atoms with Gasteiger partial charge in [0.25, 0.3) is 0 Å². The minimum absolute atomic E-state index is 0.0159. The number of phenols is 1. The number of hydrogen-bond acceptors (Lipinski definition) is 7. The first kappa shape index (κ1) is 32.1. The number of esters is 2. The number of rotatable bonds is 11. The number of carboxylic acids is 1. The van der Waals surface area contributed by atoms with E-state index >= 15 is 0 Å². The molecule has 1 aliphatic rings. The Morgan fingerprint density at radius 2 is 1.64 bits per heavy atom. The summed E-state index contributed by atoms with van der Waals surface area (Å²) in [6.45, 7) is 12.9. The van der Waals surface area contributed by atoms with Gasteiger partial charge in [0.05, 0.1) is 24.4 Å². The van der Waals surface area contributed by atoms with Crippen molar-refractivity contribution in [3.05, 3.63) is 29.3 Å². The van der Waals surface area contributed by atoms with Crippen LogP contribution in [-0.4, -0.2) is 52.3 Å². The maximum absolute atomic E-state index is 13.9. The number of amides is 1. The lowest BCUT2D eigenvalue weighted by Gasteiger charge is -2.33. The molecule has 1 aromatic carbocycles. The van der Waals surface area contributed by atoms with Gasteiger partial charge < -0.3 is 25.0 Å². The van der Waals surface area contributed by atoms with Crippen LogP contribution in [0.25, 0.3) is 0 Å². The van der Waals surface area contributed by atoms with Crippen LogP contribution < -0.4 is 5.32 Å². The number of nitrogens with one attached hydrogen (secondary N) is 1. The van der Waals surface area contributed by atoms with Crippen LogP contribution in [0.15, 0.2) is 18.2 Å². The number of ether oxygens (including phenoxy) is 2. The van der Waals surface area contributed by atoms with E-state index in [1.54, 1.807) is 45.9 Å². The molecule has 0 bridgehead atoms. The van der Waals surface area contributed by atoms with E-state index in [2.05, 4.69) is 5.32 Å². The highest BCUT2D eigenvalue weighted by Gasteiger charge is 2.46. The Morgan fingerprint density at radius 3 is 2.15 bits per heavy atom. The van der Waals surface area contributed by atoms with Crippen LogP contribution in [0.2, 0.25) is 0 Å². The highest BCUT2D eigenvalue weighted by atomic mass is 16.6. The third kappa shape index (κ3) is 9.25. The van der Waals surface area contributed by atoms with Gasteiger partial charge >= 0.3 is 17.9 Å². The van der Waals surface area contributed by atoms with E-state index in [-0.39, 0.29) is 30.6 Å². The Hall–Kier alpha value is -3.10. The van der Waals surface area contributed by atoms with Crippen LogP contribution in [0.4, 0.5) is 0 Å². The molecule has 9 nitrogen and oxygen atoms in total. The van der Waals surface area contributed by atoms with Gasteiger partial charge in [-0.25, -0.2) is 4.79 Å². The summed E-state index contributed by atoms with van der Waals surface area (Å²) in [7, 11) is 0. The normalized spacial score (nSPS) is 16.7. The third-order valence-corrected chi connectivity index (χ3v) is 7.04. The average molecular weight is 548 g/mol. The SMILES string of the molecule is CCOC(=O)[C@H](Cc1ccc(O)cc1C(C)(C)C)NC(=O)C1(CC(CC(=O)O)C(=O)OC(C)(C)C)CCCC1. The number of benzene rings is 1. The molecule has 1 unspecified atom stereocenters. The lowest BCUT2D eigenvalue weighted by Crippen LogP contribution is -2.50. The van der Waals surface area contributed by atoms with Gasteiger partial charge in [0.15, 0.2) is 0 Å². The van der Waals surface area contributed by atoms with E-state index in [4.69, 9.17) is 9.47 Å². The summed E-state index contributed by atoms with van der Waals surface area (Å²) in [5.74, 6) is -3.67. The molecule has 0 heterocycles. The van der Waals surface area contributed by atoms with Crippen molar-refractivity contribution >= 4 is 23.8 Å². The topological polar surface area (TPSA) is 139 Å². The Bertz CT molecular complexity index is 1040. The first-order chi connectivity index (χ1) is 18.0. The third-order valence-electron chi connectivity index (χ3n) is 7.04. The number of phenolic OH excluding ortho intramolecular Hbond substituents is 1. The predicted octanol–water partition coefficient (Wildman–Crippen LogP) is 4.66. The van der Waals surface area contributed by atoms with Crippen LogP contribution in [0.5, 0.6) is 5.75 Å². The molecule has 0 aromatic heterocycles. The molecular weight excluding hydrogens is 502 g/mol. The summed E-state index contributed by atoms with van der Waals surface area (Å²) < 4.78 is 10.8. The van der Waals surface area contributed by atoms with Crippen molar-refractivity contribution in [2.24, 2.45) is 11.3 Å². The number of aliphatic carboxylic acids is 1. The van der Waals surface area contributed by atoms with Gasteiger partial charge in [-0.1, -0.05) is 39.7 Å². The van der Waals surface area contributed by atoms with E-state index < -0.39 is 53.2 Å². The monoisotopic (exact) mass is 547 g/mol. The van der Waals surface area contributed by atoms with Gasteiger partial charge in [-0.05, 0) is 75.6 Å². The molecule has 0 saturated heterocycles. The van der Waals surface area contributed by atoms with Crippen LogP contribution in [0.1, 0.15) is 98.1 Å². The van der Waals surface area contributed by atoms with Gasteiger partial charge in [0.2, 0.25) is 5.91 Å². The molecule has 1 fully saturated rings. The Balaban J connectivity index is 2.39.